The summed E-state index contributed by atoms with van der Waals surface area (Å²) in [6, 6.07) is 10.9. The molecular weight excluding hydrogens is 358 g/mol. The smallest absolute Gasteiger partial charge is 0.350 e. The Morgan fingerprint density at radius 2 is 2.04 bits per heavy atom. The lowest BCUT2D eigenvalue weighted by molar-refractivity contribution is -0.138. The normalized spacial score (nSPS) is 11.6. The number of esters is 1. The number of nitriles is 1. The predicted octanol–water partition coefficient (Wildman–Crippen LogP) is 2.14. The highest BCUT2D eigenvalue weighted by atomic mass is 32.2. The summed E-state index contributed by atoms with van der Waals surface area (Å²) >= 11 is 0. The molecule has 136 valence electrons. The molecule has 1 aromatic heterocycles. The minimum Gasteiger partial charge on any atom is -0.468 e. The van der Waals surface area contributed by atoms with Crippen LogP contribution in [0.15, 0.2) is 63.7 Å². The zero-order valence-electron chi connectivity index (χ0n) is 13.9. The van der Waals surface area contributed by atoms with Gasteiger partial charge in [0.25, 0.3) is 0 Å². The number of hydrogen-bond donors (Lipinski definition) is 2. The van der Waals surface area contributed by atoms with E-state index in [4.69, 9.17) is 14.4 Å². The number of rotatable bonds is 8. The van der Waals surface area contributed by atoms with Gasteiger partial charge in [-0.3, -0.25) is 0 Å². The van der Waals surface area contributed by atoms with Crippen LogP contribution in [0.25, 0.3) is 0 Å². The Bertz CT molecular complexity index is 910. The van der Waals surface area contributed by atoms with Crippen LogP contribution in [0.5, 0.6) is 0 Å². The Balaban J connectivity index is 2.03. The highest BCUT2D eigenvalue weighted by Crippen LogP contribution is 2.15. The molecule has 0 unspecified atom stereocenters. The second-order valence-corrected chi connectivity index (χ2v) is 6.73. The van der Waals surface area contributed by atoms with Gasteiger partial charge in [-0.1, -0.05) is 0 Å². The maximum Gasteiger partial charge on any atom is 0.350 e. The topological polar surface area (TPSA) is 121 Å². The Morgan fingerprint density at radius 3 is 2.62 bits per heavy atom. The molecule has 8 nitrogen and oxygen atoms in total. The minimum absolute atomic E-state index is 0.0448. The molecule has 0 saturated heterocycles. The van der Waals surface area contributed by atoms with Gasteiger partial charge in [-0.15, -0.1) is 0 Å². The summed E-state index contributed by atoms with van der Waals surface area (Å²) < 4.78 is 36.7. The summed E-state index contributed by atoms with van der Waals surface area (Å²) in [7, 11) is -3.69. The first-order valence-electron chi connectivity index (χ1n) is 7.62. The number of sulfonamides is 1. The predicted molar refractivity (Wildman–Crippen MR) is 93.1 cm³/mol. The van der Waals surface area contributed by atoms with Crippen LogP contribution in [0.1, 0.15) is 12.7 Å². The molecule has 2 aromatic rings. The monoisotopic (exact) mass is 375 g/mol. The molecule has 2 rings (SSSR count). The van der Waals surface area contributed by atoms with Crippen molar-refractivity contribution in [2.45, 2.75) is 18.4 Å². The van der Waals surface area contributed by atoms with Crippen molar-refractivity contribution in [2.24, 2.45) is 0 Å². The van der Waals surface area contributed by atoms with E-state index in [9.17, 15) is 13.2 Å². The fourth-order valence-corrected chi connectivity index (χ4v) is 2.89. The Hall–Kier alpha value is -3.09. The van der Waals surface area contributed by atoms with E-state index >= 15 is 0 Å². The molecule has 0 fully saturated rings. The number of furan rings is 1. The molecule has 1 heterocycles. The summed E-state index contributed by atoms with van der Waals surface area (Å²) in [6.45, 7) is 1.85. The molecule has 0 aliphatic rings. The molecule has 0 bridgehead atoms. The second kappa shape index (κ2) is 8.84. The van der Waals surface area contributed by atoms with Crippen molar-refractivity contribution in [3.63, 3.8) is 0 Å². The number of nitrogens with one attached hydrogen (secondary N) is 2. The van der Waals surface area contributed by atoms with Crippen LogP contribution in [-0.2, 0) is 26.1 Å². The Morgan fingerprint density at radius 1 is 1.31 bits per heavy atom. The quantitative estimate of drug-likeness (QED) is 0.412. The van der Waals surface area contributed by atoms with Gasteiger partial charge in [0, 0.05) is 11.9 Å². The fraction of sp³-hybridized carbons (Fsp3) is 0.176. The van der Waals surface area contributed by atoms with Crippen molar-refractivity contribution >= 4 is 21.7 Å². The van der Waals surface area contributed by atoms with E-state index in [0.29, 0.717) is 11.4 Å². The first-order valence-corrected chi connectivity index (χ1v) is 9.10. The number of carbonyl (C=O) groups excluding carboxylic acids is 1. The number of benzene rings is 1. The maximum absolute atomic E-state index is 12.2. The molecule has 0 aliphatic heterocycles. The van der Waals surface area contributed by atoms with Crippen molar-refractivity contribution < 1.29 is 22.4 Å². The zero-order valence-corrected chi connectivity index (χ0v) is 14.7. The maximum atomic E-state index is 12.2. The Labute approximate surface area is 151 Å². The average molecular weight is 375 g/mol. The molecule has 26 heavy (non-hydrogen) atoms. The lowest BCUT2D eigenvalue weighted by atomic mass is 10.3. The van der Waals surface area contributed by atoms with Crippen molar-refractivity contribution in [1.82, 2.24) is 4.72 Å². The molecule has 9 heteroatoms. The molecular formula is C17H17N3O5S. The van der Waals surface area contributed by atoms with E-state index in [2.05, 4.69) is 10.0 Å². The highest BCUT2D eigenvalue weighted by Gasteiger charge is 2.14. The van der Waals surface area contributed by atoms with Crippen LogP contribution in [-0.4, -0.2) is 21.0 Å². The third-order valence-corrected chi connectivity index (χ3v) is 4.60. The van der Waals surface area contributed by atoms with Crippen molar-refractivity contribution in [3.05, 3.63) is 60.2 Å². The lowest BCUT2D eigenvalue weighted by Crippen LogP contribution is -2.22. The first-order chi connectivity index (χ1) is 12.5. The van der Waals surface area contributed by atoms with E-state index in [0.717, 1.165) is 0 Å². The zero-order chi connectivity index (χ0) is 19.0. The molecule has 0 atom stereocenters. The third kappa shape index (κ3) is 5.20. The molecule has 0 amide bonds. The number of ether oxygens (including phenoxy) is 1. The third-order valence-electron chi connectivity index (χ3n) is 3.18. The van der Waals surface area contributed by atoms with Gasteiger partial charge >= 0.3 is 5.97 Å². The van der Waals surface area contributed by atoms with Crippen LogP contribution < -0.4 is 10.0 Å². The molecule has 0 spiro atoms. The largest absolute Gasteiger partial charge is 0.468 e. The van der Waals surface area contributed by atoms with E-state index in [1.807, 2.05) is 0 Å². The molecule has 0 radical (unpaired) electrons. The van der Waals surface area contributed by atoms with Gasteiger partial charge < -0.3 is 14.5 Å². The van der Waals surface area contributed by atoms with Crippen LogP contribution in [0.2, 0.25) is 0 Å². The minimum atomic E-state index is -3.69. The number of nitrogens with zero attached hydrogens (tertiary/aromatic N) is 1. The van der Waals surface area contributed by atoms with Gasteiger partial charge in [0.1, 0.15) is 11.8 Å². The molecule has 0 saturated carbocycles. The number of carbonyl (C=O) groups is 1. The lowest BCUT2D eigenvalue weighted by Gasteiger charge is -2.07. The standard InChI is InChI=1S/C17H17N3O5S/c1-2-24-17(21)13(10-18)11-19-14-5-7-16(8-6-14)26(22,23)20-12-15-4-3-9-25-15/h3-9,11,19-20H,2,12H2,1H3/b13-11+. The van der Waals surface area contributed by atoms with Crippen molar-refractivity contribution in [3.8, 4) is 6.07 Å². The van der Waals surface area contributed by atoms with Gasteiger partial charge in [0.15, 0.2) is 5.57 Å². The summed E-state index contributed by atoms with van der Waals surface area (Å²) in [5.41, 5.74) is 0.315. The molecule has 2 N–H and O–H groups in total. The van der Waals surface area contributed by atoms with E-state index in [1.54, 1.807) is 25.1 Å². The van der Waals surface area contributed by atoms with Gasteiger partial charge in [0.05, 0.1) is 24.3 Å². The summed E-state index contributed by atoms with van der Waals surface area (Å²) in [5.74, 6) is -0.233. The number of anilines is 1. The second-order valence-electron chi connectivity index (χ2n) is 4.96. The van der Waals surface area contributed by atoms with E-state index in [1.165, 1.54) is 36.7 Å². The van der Waals surface area contributed by atoms with Gasteiger partial charge in [-0.2, -0.15) is 5.26 Å². The van der Waals surface area contributed by atoms with Gasteiger partial charge in [0.2, 0.25) is 10.0 Å². The fourth-order valence-electron chi connectivity index (χ4n) is 1.89. The van der Waals surface area contributed by atoms with Gasteiger partial charge in [-0.25, -0.2) is 17.9 Å². The average Bonchev–Trinajstić information content (AvgIpc) is 3.15. The number of hydrogen-bond acceptors (Lipinski definition) is 7. The van der Waals surface area contributed by atoms with Crippen molar-refractivity contribution in [1.29, 1.82) is 5.26 Å². The van der Waals surface area contributed by atoms with Crippen LogP contribution in [0.4, 0.5) is 5.69 Å². The summed E-state index contributed by atoms with van der Waals surface area (Å²) in [5, 5.41) is 11.7. The summed E-state index contributed by atoms with van der Waals surface area (Å²) in [4.78, 5) is 11.6. The molecule has 0 aliphatic carbocycles. The SMILES string of the molecule is CCOC(=O)/C(C#N)=C/Nc1ccc(S(=O)(=O)NCc2ccco2)cc1. The van der Waals surface area contributed by atoms with Gasteiger partial charge in [-0.05, 0) is 43.3 Å². The van der Waals surface area contributed by atoms with Crippen LogP contribution >= 0.6 is 0 Å². The first kappa shape index (κ1) is 19.2. The highest BCUT2D eigenvalue weighted by molar-refractivity contribution is 7.89. The molecule has 1 aromatic carbocycles. The van der Waals surface area contributed by atoms with E-state index in [-0.39, 0.29) is 23.6 Å². The van der Waals surface area contributed by atoms with E-state index < -0.39 is 16.0 Å². The van der Waals surface area contributed by atoms with Crippen LogP contribution in [0, 0.1) is 11.3 Å². The Kier molecular flexibility index (Phi) is 6.54. The van der Waals surface area contributed by atoms with Crippen LogP contribution in [0.3, 0.4) is 0 Å². The summed E-state index contributed by atoms with van der Waals surface area (Å²) in [6.07, 6.45) is 2.67. The van der Waals surface area contributed by atoms with Crippen molar-refractivity contribution in [2.75, 3.05) is 11.9 Å².